The lowest BCUT2D eigenvalue weighted by atomic mass is 10.2. The van der Waals surface area contributed by atoms with Gasteiger partial charge in [-0.15, -0.1) is 11.8 Å². The van der Waals surface area contributed by atoms with E-state index in [4.69, 9.17) is 0 Å². The summed E-state index contributed by atoms with van der Waals surface area (Å²) in [6.45, 7) is 2.55. The first-order chi connectivity index (χ1) is 9.75. The molecule has 3 heteroatoms. The molecule has 2 rings (SSSR count). The Morgan fingerprint density at radius 1 is 1.00 bits per heavy atom. The van der Waals surface area contributed by atoms with Gasteiger partial charge in [0.05, 0.1) is 5.25 Å². The molecule has 0 aliphatic carbocycles. The quantitative estimate of drug-likeness (QED) is 0.878. The maximum Gasteiger partial charge on any atom is 0.233 e. The van der Waals surface area contributed by atoms with E-state index in [1.54, 1.807) is 11.8 Å². The third-order valence-corrected chi connectivity index (χ3v) is 4.24. The molecule has 0 radical (unpaired) electrons. The van der Waals surface area contributed by atoms with E-state index >= 15 is 0 Å². The van der Waals surface area contributed by atoms with Crippen molar-refractivity contribution in [3.8, 4) is 0 Å². The number of thioether (sulfide) groups is 1. The Morgan fingerprint density at radius 3 is 2.15 bits per heavy atom. The summed E-state index contributed by atoms with van der Waals surface area (Å²) in [5, 5.41) is 2.93. The summed E-state index contributed by atoms with van der Waals surface area (Å²) in [5.41, 5.74) is 2.38. The van der Waals surface area contributed by atoms with Gasteiger partial charge in [0.2, 0.25) is 5.91 Å². The summed E-state index contributed by atoms with van der Waals surface area (Å²) >= 11 is 1.66. The first-order valence-corrected chi connectivity index (χ1v) is 7.78. The number of hydrogen-bond donors (Lipinski definition) is 1. The highest BCUT2D eigenvalue weighted by atomic mass is 32.2. The molecule has 104 valence electrons. The van der Waals surface area contributed by atoms with Gasteiger partial charge in [-0.05, 0) is 18.1 Å². The van der Waals surface area contributed by atoms with Gasteiger partial charge in [0.1, 0.15) is 0 Å². The fourth-order valence-electron chi connectivity index (χ4n) is 1.80. The van der Waals surface area contributed by atoms with E-state index in [-0.39, 0.29) is 11.2 Å². The first kappa shape index (κ1) is 14.7. The third kappa shape index (κ3) is 4.74. The summed E-state index contributed by atoms with van der Waals surface area (Å²) in [6.07, 6.45) is 0. The average molecular weight is 285 g/mol. The summed E-state index contributed by atoms with van der Waals surface area (Å²) < 4.78 is 0. The van der Waals surface area contributed by atoms with Crippen molar-refractivity contribution in [1.29, 1.82) is 0 Å². The Labute approximate surface area is 124 Å². The van der Waals surface area contributed by atoms with Gasteiger partial charge < -0.3 is 5.32 Å². The molecule has 0 saturated heterocycles. The molecule has 1 amide bonds. The zero-order valence-corrected chi connectivity index (χ0v) is 12.4. The fourth-order valence-corrected chi connectivity index (χ4v) is 2.67. The van der Waals surface area contributed by atoms with E-state index < -0.39 is 0 Å². The van der Waals surface area contributed by atoms with Crippen LogP contribution in [0.5, 0.6) is 0 Å². The predicted molar refractivity (Wildman–Crippen MR) is 85.5 cm³/mol. The van der Waals surface area contributed by atoms with Gasteiger partial charge >= 0.3 is 0 Å². The number of rotatable bonds is 6. The summed E-state index contributed by atoms with van der Waals surface area (Å²) in [5.74, 6) is 0.954. The van der Waals surface area contributed by atoms with Crippen molar-refractivity contribution < 1.29 is 4.79 Å². The highest BCUT2D eigenvalue weighted by molar-refractivity contribution is 7.99. The lowest BCUT2D eigenvalue weighted by Crippen LogP contribution is -2.30. The van der Waals surface area contributed by atoms with Crippen molar-refractivity contribution >= 4 is 17.7 Å². The number of carbonyl (C=O) groups is 1. The molecule has 1 N–H and O–H groups in total. The second kappa shape index (κ2) is 7.75. The van der Waals surface area contributed by atoms with Crippen molar-refractivity contribution in [2.45, 2.75) is 24.5 Å². The monoisotopic (exact) mass is 285 g/mol. The molecule has 0 aliphatic heterocycles. The van der Waals surface area contributed by atoms with Crippen LogP contribution in [0.4, 0.5) is 0 Å². The summed E-state index contributed by atoms with van der Waals surface area (Å²) in [7, 11) is 0. The number of benzene rings is 2. The molecule has 2 nitrogen and oxygen atoms in total. The molecule has 0 aromatic heterocycles. The zero-order valence-electron chi connectivity index (χ0n) is 11.6. The van der Waals surface area contributed by atoms with Crippen LogP contribution in [0.1, 0.15) is 18.1 Å². The lowest BCUT2D eigenvalue weighted by Gasteiger charge is -2.12. The molecule has 20 heavy (non-hydrogen) atoms. The lowest BCUT2D eigenvalue weighted by molar-refractivity contribution is -0.120. The molecule has 0 unspecified atom stereocenters. The molecular formula is C17H19NOS. The van der Waals surface area contributed by atoms with Crippen LogP contribution in [0.3, 0.4) is 0 Å². The van der Waals surface area contributed by atoms with Crippen LogP contribution in [0, 0.1) is 0 Å². The maximum atomic E-state index is 12.0. The van der Waals surface area contributed by atoms with Gasteiger partial charge in [-0.1, -0.05) is 60.7 Å². The molecule has 2 aromatic rings. The summed E-state index contributed by atoms with van der Waals surface area (Å²) in [4.78, 5) is 12.0. The van der Waals surface area contributed by atoms with Gasteiger partial charge in [0.15, 0.2) is 0 Å². The Balaban J connectivity index is 1.75. The molecule has 0 heterocycles. The molecule has 1 atom stereocenters. The van der Waals surface area contributed by atoms with Crippen LogP contribution in [0.15, 0.2) is 60.7 Å². The van der Waals surface area contributed by atoms with E-state index in [9.17, 15) is 4.79 Å². The number of nitrogens with one attached hydrogen (secondary N) is 1. The third-order valence-electron chi connectivity index (χ3n) is 3.02. The highest BCUT2D eigenvalue weighted by Crippen LogP contribution is 2.17. The number of hydrogen-bond acceptors (Lipinski definition) is 2. The smallest absolute Gasteiger partial charge is 0.233 e. The van der Waals surface area contributed by atoms with Crippen molar-refractivity contribution in [2.75, 3.05) is 0 Å². The van der Waals surface area contributed by atoms with Crippen LogP contribution in [-0.4, -0.2) is 11.2 Å². The van der Waals surface area contributed by atoms with Crippen LogP contribution >= 0.6 is 11.8 Å². The molecule has 0 fully saturated rings. The standard InChI is InChI=1S/C17H19NOS/c1-14(20-13-16-10-6-3-7-11-16)17(19)18-12-15-8-4-2-5-9-15/h2-11,14H,12-13H2,1H3,(H,18,19)/t14-/m0/s1. The second-order valence-electron chi connectivity index (χ2n) is 4.64. The van der Waals surface area contributed by atoms with Crippen LogP contribution in [-0.2, 0) is 17.1 Å². The number of amides is 1. The van der Waals surface area contributed by atoms with Crippen LogP contribution < -0.4 is 5.32 Å². The van der Waals surface area contributed by atoms with E-state index in [0.717, 1.165) is 11.3 Å². The van der Waals surface area contributed by atoms with Gasteiger partial charge in [-0.25, -0.2) is 0 Å². The van der Waals surface area contributed by atoms with Gasteiger partial charge in [-0.3, -0.25) is 4.79 Å². The van der Waals surface area contributed by atoms with Gasteiger partial charge in [0.25, 0.3) is 0 Å². The van der Waals surface area contributed by atoms with Gasteiger partial charge in [-0.2, -0.15) is 0 Å². The minimum atomic E-state index is -0.0427. The van der Waals surface area contributed by atoms with Crippen LogP contribution in [0.25, 0.3) is 0 Å². The van der Waals surface area contributed by atoms with E-state index in [1.807, 2.05) is 55.5 Å². The van der Waals surface area contributed by atoms with E-state index in [0.29, 0.717) is 6.54 Å². The van der Waals surface area contributed by atoms with Crippen LogP contribution in [0.2, 0.25) is 0 Å². The van der Waals surface area contributed by atoms with Crippen molar-refractivity contribution in [2.24, 2.45) is 0 Å². The van der Waals surface area contributed by atoms with Crippen molar-refractivity contribution in [1.82, 2.24) is 5.32 Å². The molecule has 2 aromatic carbocycles. The molecular weight excluding hydrogens is 266 g/mol. The largest absolute Gasteiger partial charge is 0.351 e. The molecule has 0 saturated carbocycles. The second-order valence-corrected chi connectivity index (χ2v) is 5.97. The Kier molecular flexibility index (Phi) is 5.69. The molecule has 0 aliphatic rings. The van der Waals surface area contributed by atoms with E-state index in [2.05, 4.69) is 17.4 Å². The van der Waals surface area contributed by atoms with Gasteiger partial charge in [0, 0.05) is 12.3 Å². The van der Waals surface area contributed by atoms with E-state index in [1.165, 1.54) is 5.56 Å². The fraction of sp³-hybridized carbons (Fsp3) is 0.235. The highest BCUT2D eigenvalue weighted by Gasteiger charge is 2.12. The Bertz CT molecular complexity index is 527. The topological polar surface area (TPSA) is 29.1 Å². The molecule has 0 bridgehead atoms. The normalized spacial score (nSPS) is 11.8. The van der Waals surface area contributed by atoms with Crippen molar-refractivity contribution in [3.05, 3.63) is 71.8 Å². The number of carbonyl (C=O) groups excluding carboxylic acids is 1. The minimum absolute atomic E-state index is 0.0427. The first-order valence-electron chi connectivity index (χ1n) is 6.73. The Morgan fingerprint density at radius 2 is 1.55 bits per heavy atom. The Hall–Kier alpha value is -1.74. The average Bonchev–Trinajstić information content (AvgIpc) is 2.52. The SMILES string of the molecule is C[C@H](SCc1ccccc1)C(=O)NCc1ccccc1. The summed E-state index contributed by atoms with van der Waals surface area (Å²) in [6, 6.07) is 20.2. The molecule has 0 spiro atoms. The zero-order chi connectivity index (χ0) is 14.2. The maximum absolute atomic E-state index is 12.0. The predicted octanol–water partition coefficient (Wildman–Crippen LogP) is 3.62. The minimum Gasteiger partial charge on any atom is -0.351 e. The van der Waals surface area contributed by atoms with Crippen molar-refractivity contribution in [3.63, 3.8) is 0 Å².